The van der Waals surface area contributed by atoms with Crippen LogP contribution in [0.4, 0.5) is 0 Å². The smallest absolute Gasteiger partial charge is 0.272 e. The Kier molecular flexibility index (Phi) is 6.50. The summed E-state index contributed by atoms with van der Waals surface area (Å²) in [4.78, 5) is 18.4. The van der Waals surface area contributed by atoms with Gasteiger partial charge in [0.2, 0.25) is 0 Å². The average molecular weight is 264 g/mol. The summed E-state index contributed by atoms with van der Waals surface area (Å²) in [5.41, 5.74) is 0.569. The molecular weight excluding hydrogens is 240 g/mol. The Morgan fingerprint density at radius 1 is 1.32 bits per heavy atom. The van der Waals surface area contributed by atoms with Crippen LogP contribution in [-0.2, 0) is 4.74 Å². The second-order valence-corrected chi connectivity index (χ2v) is 4.70. The van der Waals surface area contributed by atoms with E-state index in [1.54, 1.807) is 26.5 Å². The fraction of sp³-hybridized carbons (Fsp3) is 0.600. The first-order chi connectivity index (χ1) is 9.19. The van der Waals surface area contributed by atoms with E-state index in [1.807, 2.05) is 17.0 Å². The molecule has 1 aromatic rings. The molecule has 2 rings (SSSR count). The highest BCUT2D eigenvalue weighted by Crippen LogP contribution is 2.31. The fourth-order valence-corrected chi connectivity index (χ4v) is 2.38. The summed E-state index contributed by atoms with van der Waals surface area (Å²) in [5, 5.41) is 0. The minimum atomic E-state index is 0.0885. The number of methoxy groups -OCH3 is 1. The first-order valence-electron chi connectivity index (χ1n) is 6.83. The number of pyridine rings is 1. The highest BCUT2D eigenvalue weighted by Gasteiger charge is 2.39. The molecule has 1 aromatic heterocycles. The third-order valence-electron chi connectivity index (χ3n) is 3.39. The Bertz CT molecular complexity index is 371. The first-order valence-corrected chi connectivity index (χ1v) is 6.83. The fourth-order valence-electron chi connectivity index (χ4n) is 2.38. The zero-order valence-electron chi connectivity index (χ0n) is 12.3. The molecule has 106 valence electrons. The van der Waals surface area contributed by atoms with Gasteiger partial charge in [-0.05, 0) is 31.4 Å². The van der Waals surface area contributed by atoms with Crippen molar-refractivity contribution in [2.24, 2.45) is 0 Å². The second kappa shape index (κ2) is 7.89. The van der Waals surface area contributed by atoms with Crippen molar-refractivity contribution in [3.05, 3.63) is 30.1 Å². The van der Waals surface area contributed by atoms with Crippen LogP contribution < -0.4 is 0 Å². The summed E-state index contributed by atoms with van der Waals surface area (Å²) >= 11 is 0. The SMILES string of the molecule is CC[C@@H]1C[C@H](CC)N1C(=O)c1ccccn1.COC. The third-order valence-corrected chi connectivity index (χ3v) is 3.39. The minimum absolute atomic E-state index is 0.0885. The van der Waals surface area contributed by atoms with Crippen molar-refractivity contribution in [2.75, 3.05) is 14.2 Å². The third kappa shape index (κ3) is 3.77. The minimum Gasteiger partial charge on any atom is -0.388 e. The molecule has 0 N–H and O–H groups in total. The predicted octanol–water partition coefficient (Wildman–Crippen LogP) is 2.75. The first kappa shape index (κ1) is 15.6. The Balaban J connectivity index is 0.000000550. The van der Waals surface area contributed by atoms with Crippen molar-refractivity contribution in [1.82, 2.24) is 9.88 Å². The van der Waals surface area contributed by atoms with Gasteiger partial charge in [0, 0.05) is 32.5 Å². The molecule has 0 bridgehead atoms. The molecular formula is C15H24N2O2. The van der Waals surface area contributed by atoms with Crippen molar-refractivity contribution >= 4 is 5.91 Å². The Morgan fingerprint density at radius 2 is 1.89 bits per heavy atom. The number of rotatable bonds is 3. The monoisotopic (exact) mass is 264 g/mol. The summed E-state index contributed by atoms with van der Waals surface area (Å²) in [6.45, 7) is 4.27. The Morgan fingerprint density at radius 3 is 2.32 bits per heavy atom. The topological polar surface area (TPSA) is 42.4 Å². The summed E-state index contributed by atoms with van der Waals surface area (Å²) in [6.07, 6.45) is 4.89. The Labute approximate surface area is 115 Å². The molecule has 1 aliphatic rings. The Hall–Kier alpha value is -1.42. The number of amides is 1. The molecule has 1 saturated heterocycles. The number of carbonyl (C=O) groups excluding carboxylic acids is 1. The van der Waals surface area contributed by atoms with Gasteiger partial charge in [0.05, 0.1) is 0 Å². The molecule has 19 heavy (non-hydrogen) atoms. The molecule has 2 atom stereocenters. The standard InChI is InChI=1S/C13H18N2O.C2H6O/c1-3-10-9-11(4-2)15(10)13(16)12-7-5-6-8-14-12;1-3-2/h5-8,10-11H,3-4,9H2,1-2H3;1-2H3/t10-,11+;. The molecule has 1 fully saturated rings. The van der Waals surface area contributed by atoms with Gasteiger partial charge in [0.15, 0.2) is 0 Å². The van der Waals surface area contributed by atoms with Crippen LogP contribution >= 0.6 is 0 Å². The van der Waals surface area contributed by atoms with Crippen LogP contribution in [-0.4, -0.2) is 42.1 Å². The van der Waals surface area contributed by atoms with E-state index in [4.69, 9.17) is 0 Å². The van der Waals surface area contributed by atoms with Crippen LogP contribution in [0.1, 0.15) is 43.6 Å². The van der Waals surface area contributed by atoms with E-state index in [0.717, 1.165) is 19.3 Å². The molecule has 0 unspecified atom stereocenters. The largest absolute Gasteiger partial charge is 0.388 e. The van der Waals surface area contributed by atoms with E-state index in [2.05, 4.69) is 23.6 Å². The van der Waals surface area contributed by atoms with E-state index in [-0.39, 0.29) is 5.91 Å². The van der Waals surface area contributed by atoms with Crippen LogP contribution in [0.15, 0.2) is 24.4 Å². The van der Waals surface area contributed by atoms with Gasteiger partial charge < -0.3 is 9.64 Å². The van der Waals surface area contributed by atoms with E-state index in [9.17, 15) is 4.79 Å². The van der Waals surface area contributed by atoms with Gasteiger partial charge in [0.1, 0.15) is 5.69 Å². The maximum atomic E-state index is 12.2. The van der Waals surface area contributed by atoms with Crippen LogP contribution in [0.2, 0.25) is 0 Å². The molecule has 0 aromatic carbocycles. The van der Waals surface area contributed by atoms with E-state index < -0.39 is 0 Å². The zero-order valence-corrected chi connectivity index (χ0v) is 12.3. The maximum Gasteiger partial charge on any atom is 0.272 e. The quantitative estimate of drug-likeness (QED) is 0.843. The maximum absolute atomic E-state index is 12.2. The number of likely N-dealkylation sites (tertiary alicyclic amines) is 1. The lowest BCUT2D eigenvalue weighted by molar-refractivity contribution is 0.0121. The summed E-state index contributed by atoms with van der Waals surface area (Å²) in [5.74, 6) is 0.0885. The van der Waals surface area contributed by atoms with E-state index in [1.165, 1.54) is 0 Å². The van der Waals surface area contributed by atoms with Crippen molar-refractivity contribution < 1.29 is 9.53 Å². The molecule has 4 heteroatoms. The number of ether oxygens (including phenoxy) is 1. The van der Waals surface area contributed by atoms with Gasteiger partial charge >= 0.3 is 0 Å². The zero-order chi connectivity index (χ0) is 14.3. The van der Waals surface area contributed by atoms with Crippen LogP contribution in [0, 0.1) is 0 Å². The second-order valence-electron chi connectivity index (χ2n) is 4.70. The molecule has 1 aliphatic heterocycles. The van der Waals surface area contributed by atoms with Gasteiger partial charge in [-0.15, -0.1) is 0 Å². The van der Waals surface area contributed by atoms with Gasteiger partial charge in [-0.1, -0.05) is 19.9 Å². The van der Waals surface area contributed by atoms with Crippen molar-refractivity contribution in [1.29, 1.82) is 0 Å². The summed E-state index contributed by atoms with van der Waals surface area (Å²) in [6, 6.07) is 6.32. The molecule has 1 amide bonds. The molecule has 0 saturated carbocycles. The number of hydrogen-bond acceptors (Lipinski definition) is 3. The molecule has 2 heterocycles. The number of aromatic nitrogens is 1. The van der Waals surface area contributed by atoms with Crippen molar-refractivity contribution in [3.63, 3.8) is 0 Å². The highest BCUT2D eigenvalue weighted by molar-refractivity contribution is 5.93. The predicted molar refractivity (Wildman–Crippen MR) is 76.1 cm³/mol. The molecule has 4 nitrogen and oxygen atoms in total. The van der Waals surface area contributed by atoms with Crippen molar-refractivity contribution in [2.45, 2.75) is 45.2 Å². The number of carbonyl (C=O) groups is 1. The van der Waals surface area contributed by atoms with Gasteiger partial charge in [-0.2, -0.15) is 0 Å². The number of hydrogen-bond donors (Lipinski definition) is 0. The summed E-state index contributed by atoms with van der Waals surface area (Å²) in [7, 11) is 3.25. The lowest BCUT2D eigenvalue weighted by atomic mass is 9.88. The average Bonchev–Trinajstić information content (AvgIpc) is 2.40. The molecule has 0 aliphatic carbocycles. The van der Waals surface area contributed by atoms with Gasteiger partial charge in [-0.3, -0.25) is 9.78 Å². The van der Waals surface area contributed by atoms with Crippen LogP contribution in [0.3, 0.4) is 0 Å². The number of nitrogens with zero attached hydrogens (tertiary/aromatic N) is 2. The lowest BCUT2D eigenvalue weighted by Gasteiger charge is -2.48. The van der Waals surface area contributed by atoms with E-state index >= 15 is 0 Å². The van der Waals surface area contributed by atoms with Crippen LogP contribution in [0.5, 0.6) is 0 Å². The van der Waals surface area contributed by atoms with Crippen LogP contribution in [0.25, 0.3) is 0 Å². The van der Waals surface area contributed by atoms with Gasteiger partial charge in [0.25, 0.3) is 5.91 Å². The molecule has 0 spiro atoms. The summed E-state index contributed by atoms with van der Waals surface area (Å²) < 4.78 is 4.25. The van der Waals surface area contributed by atoms with Crippen molar-refractivity contribution in [3.8, 4) is 0 Å². The van der Waals surface area contributed by atoms with Gasteiger partial charge in [-0.25, -0.2) is 0 Å². The molecule has 0 radical (unpaired) electrons. The lowest BCUT2D eigenvalue weighted by Crippen LogP contribution is -2.58. The normalized spacial score (nSPS) is 21.2. The highest BCUT2D eigenvalue weighted by atomic mass is 16.4. The van der Waals surface area contributed by atoms with E-state index in [0.29, 0.717) is 17.8 Å².